The molecule has 4 rings (SSSR count). The summed E-state index contributed by atoms with van der Waals surface area (Å²) < 4.78 is 0. The van der Waals surface area contributed by atoms with Crippen molar-refractivity contribution in [3.63, 3.8) is 0 Å². The maximum Gasteiger partial charge on any atom is 0.233 e. The number of anilines is 1. The second-order valence-electron chi connectivity index (χ2n) is 7.00. The molecule has 2 saturated carbocycles. The number of hydrogen-bond donors (Lipinski definition) is 1. The lowest BCUT2D eigenvalue weighted by Gasteiger charge is -2.28. The summed E-state index contributed by atoms with van der Waals surface area (Å²) in [6.45, 7) is 0.155. The van der Waals surface area contributed by atoms with Crippen LogP contribution in [0.1, 0.15) is 12.8 Å². The maximum absolute atomic E-state index is 12.7. The van der Waals surface area contributed by atoms with E-state index in [9.17, 15) is 14.4 Å². The number of imide groups is 1. The van der Waals surface area contributed by atoms with E-state index >= 15 is 0 Å². The lowest BCUT2D eigenvalue weighted by molar-refractivity contribution is -0.140. The Kier molecular flexibility index (Phi) is 4.48. The van der Waals surface area contributed by atoms with Crippen LogP contribution in [0.25, 0.3) is 0 Å². The van der Waals surface area contributed by atoms with Crippen molar-refractivity contribution in [3.8, 4) is 0 Å². The number of hydrogen-bond acceptors (Lipinski definition) is 3. The zero-order chi connectivity index (χ0) is 17.7. The Morgan fingerprint density at radius 2 is 1.60 bits per heavy atom. The number of alkyl halides is 2. The van der Waals surface area contributed by atoms with Crippen LogP contribution in [-0.2, 0) is 14.4 Å². The molecule has 0 radical (unpaired) electrons. The SMILES string of the molecule is O=C(CCN1C(=O)[C@@H]2[C@H]3C[C@@H]([C@H](Br)[C@H]3Br)[C@@H]2C1=O)Nc1ccccc1. The molecule has 0 aromatic heterocycles. The van der Waals surface area contributed by atoms with Crippen LogP contribution in [0.5, 0.6) is 0 Å². The van der Waals surface area contributed by atoms with Gasteiger partial charge in [0.25, 0.3) is 0 Å². The van der Waals surface area contributed by atoms with Gasteiger partial charge in [-0.3, -0.25) is 19.3 Å². The molecule has 1 aliphatic heterocycles. The minimum atomic E-state index is -0.215. The number of halogens is 2. The topological polar surface area (TPSA) is 66.5 Å². The molecule has 1 heterocycles. The first-order valence-electron chi connectivity index (χ1n) is 8.47. The van der Waals surface area contributed by atoms with Gasteiger partial charge >= 0.3 is 0 Å². The summed E-state index contributed by atoms with van der Waals surface area (Å²) >= 11 is 7.34. The van der Waals surface area contributed by atoms with Gasteiger partial charge in [-0.25, -0.2) is 0 Å². The van der Waals surface area contributed by atoms with Crippen LogP contribution in [0.3, 0.4) is 0 Å². The predicted octanol–water partition coefficient (Wildman–Crippen LogP) is 2.79. The fourth-order valence-corrected chi connectivity index (χ4v) is 6.46. The van der Waals surface area contributed by atoms with Gasteiger partial charge in [0.1, 0.15) is 0 Å². The van der Waals surface area contributed by atoms with Crippen LogP contribution in [0.2, 0.25) is 0 Å². The monoisotopic (exact) mass is 468 g/mol. The molecule has 132 valence electrons. The lowest BCUT2D eigenvalue weighted by Crippen LogP contribution is -2.37. The van der Waals surface area contributed by atoms with E-state index in [1.807, 2.05) is 18.2 Å². The van der Waals surface area contributed by atoms with E-state index in [1.165, 1.54) is 4.90 Å². The first-order valence-corrected chi connectivity index (χ1v) is 10.3. The highest BCUT2D eigenvalue weighted by Gasteiger charge is 2.66. The highest BCUT2D eigenvalue weighted by Crippen LogP contribution is 2.60. The van der Waals surface area contributed by atoms with Gasteiger partial charge in [-0.2, -0.15) is 0 Å². The van der Waals surface area contributed by atoms with Crippen molar-refractivity contribution in [1.29, 1.82) is 0 Å². The highest BCUT2D eigenvalue weighted by atomic mass is 79.9. The minimum absolute atomic E-state index is 0.0983. The smallest absolute Gasteiger partial charge is 0.233 e. The van der Waals surface area contributed by atoms with Gasteiger partial charge in [0.05, 0.1) is 11.8 Å². The molecule has 0 unspecified atom stereocenters. The van der Waals surface area contributed by atoms with Crippen LogP contribution in [-0.4, -0.2) is 38.8 Å². The molecule has 1 aromatic carbocycles. The molecular weight excluding hydrogens is 452 g/mol. The molecule has 0 spiro atoms. The molecule has 3 fully saturated rings. The van der Waals surface area contributed by atoms with Gasteiger partial charge in [0, 0.05) is 28.3 Å². The van der Waals surface area contributed by atoms with Crippen molar-refractivity contribution >= 4 is 55.3 Å². The van der Waals surface area contributed by atoms with Gasteiger partial charge < -0.3 is 5.32 Å². The Morgan fingerprint density at radius 3 is 2.16 bits per heavy atom. The summed E-state index contributed by atoms with van der Waals surface area (Å²) in [5.74, 6) is -0.403. The first-order chi connectivity index (χ1) is 12.0. The molecule has 2 aliphatic carbocycles. The zero-order valence-electron chi connectivity index (χ0n) is 13.4. The maximum atomic E-state index is 12.7. The summed E-state index contributed by atoms with van der Waals surface area (Å²) in [6.07, 6.45) is 1.04. The number of amides is 3. The molecule has 6 atom stereocenters. The second kappa shape index (κ2) is 6.50. The number of nitrogens with one attached hydrogen (secondary N) is 1. The summed E-state index contributed by atoms with van der Waals surface area (Å²) in [5.41, 5.74) is 0.714. The third-order valence-corrected chi connectivity index (χ3v) is 8.91. The Labute approximate surface area is 162 Å². The average molecular weight is 470 g/mol. The summed E-state index contributed by atoms with van der Waals surface area (Å²) in [4.78, 5) is 39.4. The number of benzene rings is 1. The van der Waals surface area contributed by atoms with Gasteiger partial charge in [-0.1, -0.05) is 50.1 Å². The third-order valence-electron chi connectivity index (χ3n) is 5.70. The van der Waals surface area contributed by atoms with E-state index in [-0.39, 0.29) is 64.0 Å². The molecule has 2 bridgehead atoms. The van der Waals surface area contributed by atoms with Crippen molar-refractivity contribution in [3.05, 3.63) is 30.3 Å². The van der Waals surface area contributed by atoms with Crippen molar-refractivity contribution in [1.82, 2.24) is 4.90 Å². The summed E-state index contributed by atoms with van der Waals surface area (Å²) in [5, 5.41) is 2.79. The van der Waals surface area contributed by atoms with E-state index in [1.54, 1.807) is 12.1 Å². The second-order valence-corrected chi connectivity index (χ2v) is 9.11. The fraction of sp³-hybridized carbons (Fsp3) is 0.500. The molecule has 1 saturated heterocycles. The summed E-state index contributed by atoms with van der Waals surface area (Å²) in [7, 11) is 0. The number of likely N-dealkylation sites (tertiary alicyclic amines) is 1. The van der Waals surface area contributed by atoms with Gasteiger partial charge in [0.2, 0.25) is 17.7 Å². The number of fused-ring (bicyclic) bond motifs is 5. The Hall–Kier alpha value is -1.21. The third kappa shape index (κ3) is 2.76. The van der Waals surface area contributed by atoms with Gasteiger partial charge in [-0.05, 0) is 30.4 Å². The van der Waals surface area contributed by atoms with Gasteiger partial charge in [0.15, 0.2) is 0 Å². The normalized spacial score (nSPS) is 36.0. The number of nitrogens with zero attached hydrogens (tertiary/aromatic N) is 1. The van der Waals surface area contributed by atoms with Crippen LogP contribution in [0, 0.1) is 23.7 Å². The molecule has 7 heteroatoms. The fourth-order valence-electron chi connectivity index (χ4n) is 4.59. The van der Waals surface area contributed by atoms with E-state index in [2.05, 4.69) is 37.2 Å². The van der Waals surface area contributed by atoms with Crippen LogP contribution in [0.15, 0.2) is 30.3 Å². The molecule has 1 aromatic rings. The largest absolute Gasteiger partial charge is 0.326 e. The van der Waals surface area contributed by atoms with Crippen LogP contribution < -0.4 is 5.32 Å². The van der Waals surface area contributed by atoms with Crippen molar-refractivity contribution < 1.29 is 14.4 Å². The van der Waals surface area contributed by atoms with Crippen molar-refractivity contribution in [2.75, 3.05) is 11.9 Å². The number of carbonyl (C=O) groups is 3. The molecule has 1 N–H and O–H groups in total. The Bertz CT molecular complexity index is 694. The lowest BCUT2D eigenvalue weighted by atomic mass is 9.81. The van der Waals surface area contributed by atoms with E-state index < -0.39 is 0 Å². The van der Waals surface area contributed by atoms with E-state index in [0.717, 1.165) is 6.42 Å². The quantitative estimate of drug-likeness (QED) is 0.544. The summed E-state index contributed by atoms with van der Waals surface area (Å²) in [6, 6.07) is 9.16. The van der Waals surface area contributed by atoms with Gasteiger partial charge in [-0.15, -0.1) is 0 Å². The van der Waals surface area contributed by atoms with Crippen LogP contribution >= 0.6 is 31.9 Å². The van der Waals surface area contributed by atoms with Crippen molar-refractivity contribution in [2.24, 2.45) is 23.7 Å². The molecule has 5 nitrogen and oxygen atoms in total. The van der Waals surface area contributed by atoms with E-state index in [0.29, 0.717) is 5.69 Å². The number of rotatable bonds is 4. The Morgan fingerprint density at radius 1 is 1.04 bits per heavy atom. The minimum Gasteiger partial charge on any atom is -0.326 e. The Balaban J connectivity index is 1.40. The zero-order valence-corrected chi connectivity index (χ0v) is 16.6. The molecular formula is C18H18Br2N2O3. The van der Waals surface area contributed by atoms with Crippen LogP contribution in [0.4, 0.5) is 5.69 Å². The average Bonchev–Trinajstić information content (AvgIpc) is 3.20. The first kappa shape index (κ1) is 17.2. The molecule has 3 aliphatic rings. The predicted molar refractivity (Wildman–Crippen MR) is 100 cm³/mol. The number of carbonyl (C=O) groups excluding carboxylic acids is 3. The standard InChI is InChI=1S/C18H18Br2N2O3/c19-15-10-8-11(16(15)20)14-13(10)17(24)22(18(14)25)7-6-12(23)21-9-4-2-1-3-5-9/h1-5,10-11,13-16H,6-8H2,(H,21,23)/t10-,11-,13-,14+,15+,16+/m1/s1. The number of para-hydroxylation sites is 1. The molecule has 25 heavy (non-hydrogen) atoms. The van der Waals surface area contributed by atoms with Crippen molar-refractivity contribution in [2.45, 2.75) is 22.5 Å². The molecule has 3 amide bonds. The highest BCUT2D eigenvalue weighted by molar-refractivity contribution is 9.12. The van der Waals surface area contributed by atoms with E-state index in [4.69, 9.17) is 0 Å².